The van der Waals surface area contributed by atoms with Gasteiger partial charge in [-0.15, -0.1) is 0 Å². The van der Waals surface area contributed by atoms with Crippen LogP contribution in [0.2, 0.25) is 0 Å². The number of aromatic nitrogens is 1. The molecule has 1 N–H and O–H groups in total. The van der Waals surface area contributed by atoms with E-state index in [1.54, 1.807) is 30.3 Å². The molecule has 0 saturated heterocycles. The van der Waals surface area contributed by atoms with Gasteiger partial charge < -0.3 is 14.8 Å². The molecule has 1 amide bonds. The first-order valence-corrected chi connectivity index (χ1v) is 10.8. The first-order valence-electron chi connectivity index (χ1n) is 10.8. The molecule has 0 saturated carbocycles. The number of benzene rings is 2. The topological polar surface area (TPSA) is 121 Å². The average Bonchev–Trinajstić information content (AvgIpc) is 2.88. The standard InChI is InChI=1S/C26H22N2O7/c1-34-25(32)15-11-12-17(26(33)35-2)20(13-15)27-23(30)19-14-18-21(9-6-10-22(18)29)28(24(19)31)16-7-4-3-5-8-16/h3-5,7-8,11-14H,6,9-10H2,1-2H3,(H,27,30). The third kappa shape index (κ3) is 4.48. The molecule has 9 nitrogen and oxygen atoms in total. The molecule has 35 heavy (non-hydrogen) atoms. The number of pyridine rings is 1. The molecule has 178 valence electrons. The van der Waals surface area contributed by atoms with E-state index in [4.69, 9.17) is 9.47 Å². The van der Waals surface area contributed by atoms with Crippen molar-refractivity contribution in [3.05, 3.63) is 92.9 Å². The highest BCUT2D eigenvalue weighted by Gasteiger charge is 2.27. The maximum absolute atomic E-state index is 13.5. The summed E-state index contributed by atoms with van der Waals surface area (Å²) in [6.45, 7) is 0. The Morgan fingerprint density at radius 2 is 1.57 bits per heavy atom. The number of ether oxygens (including phenoxy) is 2. The van der Waals surface area contributed by atoms with Gasteiger partial charge in [-0.1, -0.05) is 18.2 Å². The Labute approximate surface area is 200 Å². The molecule has 9 heteroatoms. The Morgan fingerprint density at radius 3 is 2.26 bits per heavy atom. The second kappa shape index (κ2) is 9.76. The van der Waals surface area contributed by atoms with Crippen LogP contribution in [0.3, 0.4) is 0 Å². The van der Waals surface area contributed by atoms with E-state index in [0.717, 1.165) is 0 Å². The van der Waals surface area contributed by atoms with Crippen molar-refractivity contribution in [2.24, 2.45) is 0 Å². The number of esters is 2. The van der Waals surface area contributed by atoms with E-state index in [0.29, 0.717) is 36.2 Å². The number of para-hydroxylation sites is 1. The van der Waals surface area contributed by atoms with Crippen LogP contribution in [0.1, 0.15) is 60.0 Å². The fraction of sp³-hybridized carbons (Fsp3) is 0.192. The zero-order valence-corrected chi connectivity index (χ0v) is 19.1. The predicted octanol–water partition coefficient (Wildman–Crippen LogP) is 3.18. The molecular weight excluding hydrogens is 452 g/mol. The summed E-state index contributed by atoms with van der Waals surface area (Å²) >= 11 is 0. The molecule has 1 heterocycles. The SMILES string of the molecule is COC(=O)c1ccc(C(=O)OC)c(NC(=O)c2cc3c(n(-c4ccccc4)c2=O)CCCC3=O)c1. The highest BCUT2D eigenvalue weighted by atomic mass is 16.5. The van der Waals surface area contributed by atoms with Crippen molar-refractivity contribution in [3.63, 3.8) is 0 Å². The number of methoxy groups -OCH3 is 2. The average molecular weight is 474 g/mol. The summed E-state index contributed by atoms with van der Waals surface area (Å²) in [7, 11) is 2.38. The van der Waals surface area contributed by atoms with Crippen LogP contribution in [0.15, 0.2) is 59.4 Å². The summed E-state index contributed by atoms with van der Waals surface area (Å²) in [5.41, 5.74) is 0.524. The Balaban J connectivity index is 1.85. The number of rotatable bonds is 5. The van der Waals surface area contributed by atoms with Gasteiger partial charge in [-0.05, 0) is 49.2 Å². The number of ketones is 1. The summed E-state index contributed by atoms with van der Waals surface area (Å²) in [4.78, 5) is 63.7. The Kier molecular flexibility index (Phi) is 6.59. The van der Waals surface area contributed by atoms with E-state index in [2.05, 4.69) is 5.32 Å². The number of nitrogens with one attached hydrogen (secondary N) is 1. The molecule has 1 aliphatic carbocycles. The van der Waals surface area contributed by atoms with Gasteiger partial charge in [-0.25, -0.2) is 9.59 Å². The zero-order chi connectivity index (χ0) is 25.1. The van der Waals surface area contributed by atoms with Gasteiger partial charge in [0.2, 0.25) is 0 Å². The van der Waals surface area contributed by atoms with Gasteiger partial charge in [0.15, 0.2) is 5.78 Å². The zero-order valence-electron chi connectivity index (χ0n) is 19.1. The lowest BCUT2D eigenvalue weighted by molar-refractivity contribution is 0.0587. The molecule has 0 radical (unpaired) electrons. The largest absolute Gasteiger partial charge is 0.465 e. The van der Waals surface area contributed by atoms with Gasteiger partial charge in [0, 0.05) is 23.4 Å². The normalized spacial score (nSPS) is 12.5. The van der Waals surface area contributed by atoms with Gasteiger partial charge in [-0.2, -0.15) is 0 Å². The summed E-state index contributed by atoms with van der Waals surface area (Å²) in [6, 6.07) is 14.0. The fourth-order valence-electron chi connectivity index (χ4n) is 4.07. The molecule has 0 fully saturated rings. The van der Waals surface area contributed by atoms with Crippen molar-refractivity contribution >= 4 is 29.3 Å². The van der Waals surface area contributed by atoms with Gasteiger partial charge in [0.1, 0.15) is 5.56 Å². The molecule has 0 spiro atoms. The van der Waals surface area contributed by atoms with Crippen LogP contribution < -0.4 is 10.9 Å². The molecule has 1 aromatic heterocycles. The van der Waals surface area contributed by atoms with Crippen LogP contribution in [-0.4, -0.2) is 42.4 Å². The minimum absolute atomic E-state index is 0.0223. The third-order valence-electron chi connectivity index (χ3n) is 5.77. The summed E-state index contributed by atoms with van der Waals surface area (Å²) in [5, 5.41) is 2.53. The highest BCUT2D eigenvalue weighted by molar-refractivity contribution is 6.10. The molecule has 4 rings (SSSR count). The minimum Gasteiger partial charge on any atom is -0.465 e. The van der Waals surface area contributed by atoms with Crippen LogP contribution in [-0.2, 0) is 15.9 Å². The van der Waals surface area contributed by atoms with Crippen LogP contribution in [0.4, 0.5) is 5.69 Å². The van der Waals surface area contributed by atoms with E-state index < -0.39 is 23.4 Å². The molecule has 0 aliphatic heterocycles. The van der Waals surface area contributed by atoms with Crippen molar-refractivity contribution in [2.75, 3.05) is 19.5 Å². The quantitative estimate of drug-likeness (QED) is 0.564. The summed E-state index contributed by atoms with van der Waals surface area (Å²) < 4.78 is 10.9. The number of Topliss-reactive ketones (excluding diaryl/α,β-unsaturated/α-hetero) is 1. The van der Waals surface area contributed by atoms with E-state index in [-0.39, 0.29) is 28.2 Å². The van der Waals surface area contributed by atoms with Crippen LogP contribution in [0.25, 0.3) is 5.69 Å². The lowest BCUT2D eigenvalue weighted by Gasteiger charge is -2.21. The Bertz CT molecular complexity index is 1410. The number of fused-ring (bicyclic) bond motifs is 1. The number of nitrogens with zero attached hydrogens (tertiary/aromatic N) is 1. The maximum atomic E-state index is 13.5. The molecule has 3 aromatic rings. The number of carbonyl (C=O) groups is 4. The first-order chi connectivity index (χ1) is 16.8. The van der Waals surface area contributed by atoms with Gasteiger partial charge in [0.25, 0.3) is 11.5 Å². The molecular formula is C26H22N2O7. The molecule has 0 unspecified atom stereocenters. The van der Waals surface area contributed by atoms with Gasteiger partial charge in [-0.3, -0.25) is 19.0 Å². The monoisotopic (exact) mass is 474 g/mol. The number of carbonyl (C=O) groups excluding carboxylic acids is 4. The maximum Gasteiger partial charge on any atom is 0.339 e. The van der Waals surface area contributed by atoms with Crippen LogP contribution >= 0.6 is 0 Å². The highest BCUT2D eigenvalue weighted by Crippen LogP contribution is 2.25. The van der Waals surface area contributed by atoms with E-state index >= 15 is 0 Å². The van der Waals surface area contributed by atoms with Crippen molar-refractivity contribution in [3.8, 4) is 5.69 Å². The molecule has 2 aromatic carbocycles. The smallest absolute Gasteiger partial charge is 0.339 e. The van der Waals surface area contributed by atoms with Gasteiger partial charge >= 0.3 is 11.9 Å². The van der Waals surface area contributed by atoms with Crippen LogP contribution in [0, 0.1) is 0 Å². The number of anilines is 1. The van der Waals surface area contributed by atoms with Crippen molar-refractivity contribution in [1.82, 2.24) is 4.57 Å². The minimum atomic E-state index is -0.840. The molecule has 0 bridgehead atoms. The third-order valence-corrected chi connectivity index (χ3v) is 5.77. The summed E-state index contributed by atoms with van der Waals surface area (Å²) in [5.74, 6) is -2.43. The lowest BCUT2D eigenvalue weighted by Crippen LogP contribution is -2.33. The second-order valence-electron chi connectivity index (χ2n) is 7.87. The van der Waals surface area contributed by atoms with E-state index in [1.807, 2.05) is 0 Å². The van der Waals surface area contributed by atoms with Gasteiger partial charge in [0.05, 0.1) is 31.0 Å². The van der Waals surface area contributed by atoms with E-state index in [1.165, 1.54) is 43.1 Å². The lowest BCUT2D eigenvalue weighted by atomic mass is 9.92. The fourth-order valence-corrected chi connectivity index (χ4v) is 4.07. The summed E-state index contributed by atoms with van der Waals surface area (Å²) in [6.07, 6.45) is 1.43. The first kappa shape index (κ1) is 23.6. The number of hydrogen-bond acceptors (Lipinski definition) is 7. The van der Waals surface area contributed by atoms with E-state index in [9.17, 15) is 24.0 Å². The predicted molar refractivity (Wildman–Crippen MR) is 126 cm³/mol. The van der Waals surface area contributed by atoms with Crippen molar-refractivity contribution in [1.29, 1.82) is 0 Å². The molecule has 1 aliphatic rings. The molecule has 0 atom stereocenters. The number of hydrogen-bond donors (Lipinski definition) is 1. The number of amides is 1. The second-order valence-corrected chi connectivity index (χ2v) is 7.87. The van der Waals surface area contributed by atoms with Crippen molar-refractivity contribution in [2.45, 2.75) is 19.3 Å². The van der Waals surface area contributed by atoms with Crippen LogP contribution in [0.5, 0.6) is 0 Å². The Morgan fingerprint density at radius 1 is 0.857 bits per heavy atom. The Hall–Kier alpha value is -4.53. The van der Waals surface area contributed by atoms with Crippen molar-refractivity contribution < 1.29 is 28.7 Å².